The zero-order chi connectivity index (χ0) is 15.1. The van der Waals surface area contributed by atoms with Crippen molar-refractivity contribution in [3.05, 3.63) is 36.0 Å². The first kappa shape index (κ1) is 15.6. The van der Waals surface area contributed by atoms with Crippen LogP contribution < -0.4 is 10.6 Å². The third-order valence-electron chi connectivity index (χ3n) is 3.50. The first-order valence-electron chi connectivity index (χ1n) is 7.80. The summed E-state index contributed by atoms with van der Waals surface area (Å²) in [5.74, 6) is 0.0747. The average Bonchev–Trinajstić information content (AvgIpc) is 2.84. The fraction of sp³-hybridized carbons (Fsp3) is 0.471. The maximum atomic E-state index is 11.9. The number of nitrogens with one attached hydrogen (secondary N) is 2. The molecule has 0 atom stereocenters. The molecule has 21 heavy (non-hydrogen) atoms. The molecule has 114 valence electrons. The van der Waals surface area contributed by atoms with E-state index < -0.39 is 0 Å². The largest absolute Gasteiger partial charge is 0.355 e. The molecule has 2 rings (SSSR count). The minimum Gasteiger partial charge on any atom is -0.355 e. The van der Waals surface area contributed by atoms with Gasteiger partial charge in [-0.15, -0.1) is 0 Å². The molecule has 0 unspecified atom stereocenters. The summed E-state index contributed by atoms with van der Waals surface area (Å²) in [5, 5.41) is 7.59. The van der Waals surface area contributed by atoms with E-state index in [2.05, 4.69) is 42.8 Å². The Bertz CT molecular complexity index is 589. The number of para-hydroxylation sites is 1. The molecule has 0 aliphatic rings. The van der Waals surface area contributed by atoms with Crippen LogP contribution in [0.1, 0.15) is 32.3 Å². The highest BCUT2D eigenvalue weighted by Gasteiger charge is 2.10. The van der Waals surface area contributed by atoms with Crippen molar-refractivity contribution in [1.29, 1.82) is 0 Å². The number of amides is 1. The van der Waals surface area contributed by atoms with Crippen molar-refractivity contribution in [2.75, 3.05) is 13.1 Å². The molecule has 1 aromatic heterocycles. The van der Waals surface area contributed by atoms with Gasteiger partial charge in [-0.05, 0) is 31.0 Å². The molecule has 1 aromatic carbocycles. The van der Waals surface area contributed by atoms with Gasteiger partial charge in [0, 0.05) is 30.2 Å². The molecule has 0 spiro atoms. The molecule has 2 N–H and O–H groups in total. The monoisotopic (exact) mass is 287 g/mol. The standard InChI is InChI=1S/C17H25N3O/c1-3-9-18-11-14-12-20(13-17(21)19-10-4-2)16-8-6-5-7-15(14)16/h5-8,12,18H,3-4,9-11,13H2,1-2H3,(H,19,21). The minimum atomic E-state index is 0.0747. The van der Waals surface area contributed by atoms with Crippen LogP contribution in [0, 0.1) is 0 Å². The van der Waals surface area contributed by atoms with Crippen molar-refractivity contribution < 1.29 is 4.79 Å². The lowest BCUT2D eigenvalue weighted by atomic mass is 10.2. The van der Waals surface area contributed by atoms with Gasteiger partial charge < -0.3 is 15.2 Å². The second-order valence-corrected chi connectivity index (χ2v) is 5.33. The van der Waals surface area contributed by atoms with E-state index >= 15 is 0 Å². The third kappa shape index (κ3) is 4.08. The Balaban J connectivity index is 2.17. The van der Waals surface area contributed by atoms with Crippen molar-refractivity contribution in [3.8, 4) is 0 Å². The van der Waals surface area contributed by atoms with E-state index in [9.17, 15) is 4.79 Å². The molecule has 0 saturated heterocycles. The maximum Gasteiger partial charge on any atom is 0.239 e. The van der Waals surface area contributed by atoms with E-state index in [1.54, 1.807) is 0 Å². The molecule has 0 radical (unpaired) electrons. The van der Waals surface area contributed by atoms with Gasteiger partial charge in [0.05, 0.1) is 0 Å². The van der Waals surface area contributed by atoms with Gasteiger partial charge in [-0.25, -0.2) is 0 Å². The third-order valence-corrected chi connectivity index (χ3v) is 3.50. The molecule has 0 bridgehead atoms. The van der Waals surface area contributed by atoms with Gasteiger partial charge in [0.15, 0.2) is 0 Å². The van der Waals surface area contributed by atoms with Crippen LogP contribution in [0.4, 0.5) is 0 Å². The van der Waals surface area contributed by atoms with Crippen LogP contribution in [-0.2, 0) is 17.9 Å². The van der Waals surface area contributed by atoms with E-state index in [1.807, 2.05) is 16.7 Å². The lowest BCUT2D eigenvalue weighted by molar-refractivity contribution is -0.121. The molecule has 1 amide bonds. The maximum absolute atomic E-state index is 11.9. The van der Waals surface area contributed by atoms with Crippen molar-refractivity contribution in [1.82, 2.24) is 15.2 Å². The summed E-state index contributed by atoms with van der Waals surface area (Å²) in [6.45, 7) is 7.20. The van der Waals surface area contributed by atoms with Crippen LogP contribution in [-0.4, -0.2) is 23.6 Å². The molecule has 0 saturated carbocycles. The first-order chi connectivity index (χ1) is 10.3. The van der Waals surface area contributed by atoms with E-state index in [-0.39, 0.29) is 5.91 Å². The SMILES string of the molecule is CCCNCc1cn(CC(=O)NCCC)c2ccccc12. The Morgan fingerprint density at radius 3 is 2.67 bits per heavy atom. The summed E-state index contributed by atoms with van der Waals surface area (Å²) >= 11 is 0. The summed E-state index contributed by atoms with van der Waals surface area (Å²) < 4.78 is 2.04. The minimum absolute atomic E-state index is 0.0747. The number of nitrogens with zero attached hydrogens (tertiary/aromatic N) is 1. The number of carbonyl (C=O) groups excluding carboxylic acids is 1. The van der Waals surface area contributed by atoms with Crippen molar-refractivity contribution in [2.24, 2.45) is 0 Å². The summed E-state index contributed by atoms with van der Waals surface area (Å²) in [7, 11) is 0. The number of benzene rings is 1. The van der Waals surface area contributed by atoms with Gasteiger partial charge in [-0.2, -0.15) is 0 Å². The van der Waals surface area contributed by atoms with E-state index in [4.69, 9.17) is 0 Å². The number of hydrogen-bond acceptors (Lipinski definition) is 2. The van der Waals surface area contributed by atoms with Crippen LogP contribution in [0.5, 0.6) is 0 Å². The predicted octanol–water partition coefficient (Wildman–Crippen LogP) is 2.67. The Morgan fingerprint density at radius 1 is 1.14 bits per heavy atom. The van der Waals surface area contributed by atoms with Crippen molar-refractivity contribution in [2.45, 2.75) is 39.8 Å². The lowest BCUT2D eigenvalue weighted by Gasteiger charge is -2.06. The van der Waals surface area contributed by atoms with Crippen molar-refractivity contribution in [3.63, 3.8) is 0 Å². The molecule has 2 aromatic rings. The summed E-state index contributed by atoms with van der Waals surface area (Å²) in [6.07, 6.45) is 4.18. The predicted molar refractivity (Wildman–Crippen MR) is 87.2 cm³/mol. The lowest BCUT2D eigenvalue weighted by Crippen LogP contribution is -2.27. The van der Waals surface area contributed by atoms with Gasteiger partial charge in [-0.1, -0.05) is 32.0 Å². The van der Waals surface area contributed by atoms with Gasteiger partial charge in [0.1, 0.15) is 6.54 Å². The molecule has 0 aliphatic carbocycles. The van der Waals surface area contributed by atoms with Crippen LogP contribution in [0.25, 0.3) is 10.9 Å². The Hall–Kier alpha value is -1.81. The molecular formula is C17H25N3O. The average molecular weight is 287 g/mol. The van der Waals surface area contributed by atoms with Crippen LogP contribution in [0.2, 0.25) is 0 Å². The van der Waals surface area contributed by atoms with Crippen LogP contribution >= 0.6 is 0 Å². The topological polar surface area (TPSA) is 46.1 Å². The van der Waals surface area contributed by atoms with E-state index in [0.717, 1.165) is 38.0 Å². The number of carbonyl (C=O) groups is 1. The first-order valence-corrected chi connectivity index (χ1v) is 7.80. The molecule has 4 nitrogen and oxygen atoms in total. The summed E-state index contributed by atoms with van der Waals surface area (Å²) in [5.41, 5.74) is 2.37. The second-order valence-electron chi connectivity index (χ2n) is 5.33. The summed E-state index contributed by atoms with van der Waals surface area (Å²) in [4.78, 5) is 11.9. The fourth-order valence-corrected chi connectivity index (χ4v) is 2.47. The highest BCUT2D eigenvalue weighted by Crippen LogP contribution is 2.21. The normalized spacial score (nSPS) is 11.0. The van der Waals surface area contributed by atoms with Crippen LogP contribution in [0.15, 0.2) is 30.5 Å². The number of rotatable bonds is 8. The number of aromatic nitrogens is 1. The smallest absolute Gasteiger partial charge is 0.239 e. The molecule has 1 heterocycles. The number of fused-ring (bicyclic) bond motifs is 1. The van der Waals surface area contributed by atoms with Gasteiger partial charge in [0.2, 0.25) is 5.91 Å². The van der Waals surface area contributed by atoms with E-state index in [1.165, 1.54) is 10.9 Å². The summed E-state index contributed by atoms with van der Waals surface area (Å²) in [6, 6.07) is 8.27. The molecular weight excluding hydrogens is 262 g/mol. The quantitative estimate of drug-likeness (QED) is 0.733. The number of hydrogen-bond donors (Lipinski definition) is 2. The van der Waals surface area contributed by atoms with Crippen LogP contribution in [0.3, 0.4) is 0 Å². The Kier molecular flexibility index (Phi) is 5.81. The Morgan fingerprint density at radius 2 is 1.90 bits per heavy atom. The zero-order valence-electron chi connectivity index (χ0n) is 13.0. The molecule has 0 fully saturated rings. The highest BCUT2D eigenvalue weighted by atomic mass is 16.1. The zero-order valence-corrected chi connectivity index (χ0v) is 13.0. The molecule has 4 heteroatoms. The van der Waals surface area contributed by atoms with Crippen molar-refractivity contribution >= 4 is 16.8 Å². The van der Waals surface area contributed by atoms with Gasteiger partial charge in [-0.3, -0.25) is 4.79 Å². The van der Waals surface area contributed by atoms with Gasteiger partial charge in [0.25, 0.3) is 0 Å². The highest BCUT2D eigenvalue weighted by molar-refractivity contribution is 5.86. The fourth-order valence-electron chi connectivity index (χ4n) is 2.47. The molecule has 0 aliphatic heterocycles. The van der Waals surface area contributed by atoms with Gasteiger partial charge >= 0.3 is 0 Å². The second kappa shape index (κ2) is 7.84. The van der Waals surface area contributed by atoms with E-state index in [0.29, 0.717) is 6.54 Å². The Labute approximate surface area is 126 Å².